The maximum Gasteiger partial charge on any atom is 0.248 e. The van der Waals surface area contributed by atoms with E-state index in [1.807, 2.05) is 38.1 Å². The Hall–Kier alpha value is -3.19. The number of carbonyl (C=O) groups is 2. The monoisotopic (exact) mass is 453 g/mol. The summed E-state index contributed by atoms with van der Waals surface area (Å²) in [6.07, 6.45) is 1.52. The van der Waals surface area contributed by atoms with E-state index in [1.165, 1.54) is 6.20 Å². The van der Waals surface area contributed by atoms with Gasteiger partial charge in [0.25, 0.3) is 0 Å². The Balaban J connectivity index is 1.68. The Kier molecular flexibility index (Phi) is 5.98. The van der Waals surface area contributed by atoms with Gasteiger partial charge in [-0.2, -0.15) is 0 Å². The van der Waals surface area contributed by atoms with Crippen molar-refractivity contribution in [1.82, 2.24) is 4.98 Å². The van der Waals surface area contributed by atoms with Crippen molar-refractivity contribution in [3.8, 4) is 11.6 Å². The van der Waals surface area contributed by atoms with Gasteiger partial charge in [-0.1, -0.05) is 34.1 Å². The number of nitrogens with one attached hydrogen (secondary N) is 1. The zero-order valence-corrected chi connectivity index (χ0v) is 17.6. The summed E-state index contributed by atoms with van der Waals surface area (Å²) in [4.78, 5) is 28.2. The van der Waals surface area contributed by atoms with Crippen molar-refractivity contribution in [1.29, 1.82) is 0 Å². The van der Waals surface area contributed by atoms with Crippen LogP contribution in [0.15, 0.2) is 71.3 Å². The third-order valence-corrected chi connectivity index (χ3v) is 5.00. The minimum Gasteiger partial charge on any atom is -0.439 e. The summed E-state index contributed by atoms with van der Waals surface area (Å²) in [5.74, 6) is 0.0954. The Morgan fingerprint density at radius 3 is 2.41 bits per heavy atom. The number of aromatic nitrogens is 1. The number of anilines is 1. The molecule has 0 saturated carbocycles. The first-order valence-electron chi connectivity index (χ1n) is 8.87. The van der Waals surface area contributed by atoms with Crippen molar-refractivity contribution in [2.75, 3.05) is 5.32 Å². The summed E-state index contributed by atoms with van der Waals surface area (Å²) in [7, 11) is 0. The maximum atomic E-state index is 12.8. The number of carbonyl (C=O) groups excluding carboxylic acids is 2. The molecule has 3 rings (SSSR count). The predicted octanol–water partition coefficient (Wildman–Crippen LogP) is 4.65. The average Bonchev–Trinajstić information content (AvgIpc) is 2.70. The van der Waals surface area contributed by atoms with E-state index in [2.05, 4.69) is 26.2 Å². The first-order valence-corrected chi connectivity index (χ1v) is 9.66. The number of benzene rings is 2. The SMILES string of the molecule is CC(C)(C(=O)Nc1ccc(Oc2cccc(C(N)=O)c2)nc1)c1ccc(Br)cc1. The molecule has 29 heavy (non-hydrogen) atoms. The first-order chi connectivity index (χ1) is 13.8. The van der Waals surface area contributed by atoms with Crippen molar-refractivity contribution in [2.24, 2.45) is 5.73 Å². The topological polar surface area (TPSA) is 94.3 Å². The second-order valence-corrected chi connectivity index (χ2v) is 7.88. The number of hydrogen-bond acceptors (Lipinski definition) is 4. The van der Waals surface area contributed by atoms with E-state index in [4.69, 9.17) is 10.5 Å². The molecule has 0 radical (unpaired) electrons. The molecule has 2 amide bonds. The number of ether oxygens (including phenoxy) is 1. The highest BCUT2D eigenvalue weighted by Gasteiger charge is 2.29. The predicted molar refractivity (Wildman–Crippen MR) is 115 cm³/mol. The molecular formula is C22H20BrN3O3. The molecule has 0 bridgehead atoms. The van der Waals surface area contributed by atoms with Gasteiger partial charge in [-0.05, 0) is 55.8 Å². The fourth-order valence-electron chi connectivity index (χ4n) is 2.63. The van der Waals surface area contributed by atoms with Crippen LogP contribution >= 0.6 is 15.9 Å². The summed E-state index contributed by atoms with van der Waals surface area (Å²) < 4.78 is 6.60. The summed E-state index contributed by atoms with van der Waals surface area (Å²) in [6, 6.07) is 17.5. The van der Waals surface area contributed by atoms with E-state index in [0.29, 0.717) is 22.9 Å². The minimum atomic E-state index is -0.717. The molecule has 0 atom stereocenters. The molecule has 0 aliphatic rings. The first kappa shape index (κ1) is 20.5. The molecule has 0 saturated heterocycles. The molecule has 6 nitrogen and oxygen atoms in total. The molecule has 0 aliphatic heterocycles. The normalized spacial score (nSPS) is 11.0. The fraction of sp³-hybridized carbons (Fsp3) is 0.136. The lowest BCUT2D eigenvalue weighted by molar-refractivity contribution is -0.120. The molecule has 7 heteroatoms. The van der Waals surface area contributed by atoms with Crippen molar-refractivity contribution in [3.63, 3.8) is 0 Å². The van der Waals surface area contributed by atoms with Gasteiger partial charge in [0.15, 0.2) is 0 Å². The molecule has 2 aromatic carbocycles. The molecular weight excluding hydrogens is 434 g/mol. The third kappa shape index (κ3) is 5.00. The van der Waals surface area contributed by atoms with Gasteiger partial charge in [-0.15, -0.1) is 0 Å². The van der Waals surface area contributed by atoms with E-state index in [1.54, 1.807) is 36.4 Å². The lowest BCUT2D eigenvalue weighted by Gasteiger charge is -2.24. The Morgan fingerprint density at radius 1 is 1.07 bits per heavy atom. The zero-order chi connectivity index (χ0) is 21.0. The van der Waals surface area contributed by atoms with E-state index in [9.17, 15) is 9.59 Å². The van der Waals surface area contributed by atoms with Crippen LogP contribution in [0.4, 0.5) is 5.69 Å². The number of nitrogens with two attached hydrogens (primary N) is 1. The third-order valence-electron chi connectivity index (χ3n) is 4.47. The zero-order valence-electron chi connectivity index (χ0n) is 16.0. The van der Waals surface area contributed by atoms with Gasteiger partial charge >= 0.3 is 0 Å². The highest BCUT2D eigenvalue weighted by Crippen LogP contribution is 2.27. The van der Waals surface area contributed by atoms with Gasteiger partial charge < -0.3 is 15.8 Å². The Labute approximate surface area is 177 Å². The molecule has 3 aromatic rings. The van der Waals surface area contributed by atoms with Crippen molar-refractivity contribution >= 4 is 33.4 Å². The number of primary amides is 1. The van der Waals surface area contributed by atoms with E-state index in [0.717, 1.165) is 10.0 Å². The van der Waals surface area contributed by atoms with Crippen molar-refractivity contribution in [2.45, 2.75) is 19.3 Å². The number of hydrogen-bond donors (Lipinski definition) is 2. The van der Waals surface area contributed by atoms with Crippen LogP contribution in [0.5, 0.6) is 11.6 Å². The maximum absolute atomic E-state index is 12.8. The fourth-order valence-corrected chi connectivity index (χ4v) is 2.90. The van der Waals surface area contributed by atoms with Crippen molar-refractivity contribution < 1.29 is 14.3 Å². The van der Waals surface area contributed by atoms with Gasteiger partial charge in [-0.3, -0.25) is 9.59 Å². The van der Waals surface area contributed by atoms with Crippen LogP contribution in [0.25, 0.3) is 0 Å². The highest BCUT2D eigenvalue weighted by molar-refractivity contribution is 9.10. The number of rotatable bonds is 6. The molecule has 0 unspecified atom stereocenters. The second-order valence-electron chi connectivity index (χ2n) is 6.97. The second kappa shape index (κ2) is 8.45. The van der Waals surface area contributed by atoms with Crippen LogP contribution < -0.4 is 15.8 Å². The quantitative estimate of drug-likeness (QED) is 0.567. The van der Waals surface area contributed by atoms with E-state index in [-0.39, 0.29) is 5.91 Å². The van der Waals surface area contributed by atoms with Crippen molar-refractivity contribution in [3.05, 3.63) is 82.5 Å². The van der Waals surface area contributed by atoms with Gasteiger partial charge in [0, 0.05) is 16.1 Å². The van der Waals surface area contributed by atoms with E-state index < -0.39 is 11.3 Å². The van der Waals surface area contributed by atoms with Gasteiger partial charge in [0.2, 0.25) is 17.7 Å². The Morgan fingerprint density at radius 2 is 1.79 bits per heavy atom. The molecule has 1 aromatic heterocycles. The summed E-state index contributed by atoms with van der Waals surface area (Å²) >= 11 is 3.40. The summed E-state index contributed by atoms with van der Waals surface area (Å²) in [5, 5.41) is 2.88. The molecule has 1 heterocycles. The van der Waals surface area contributed by atoms with Crippen LogP contribution in [0, 0.1) is 0 Å². The van der Waals surface area contributed by atoms with Crippen LogP contribution in [0.3, 0.4) is 0 Å². The standard InChI is InChI=1S/C22H20BrN3O3/c1-22(2,15-6-8-16(23)9-7-15)21(28)26-17-10-11-19(25-13-17)29-18-5-3-4-14(12-18)20(24)27/h3-13H,1-2H3,(H2,24,27)(H,26,28). The molecule has 3 N–H and O–H groups in total. The van der Waals surface area contributed by atoms with Gasteiger partial charge in [-0.25, -0.2) is 4.98 Å². The number of pyridine rings is 1. The summed E-state index contributed by atoms with van der Waals surface area (Å²) in [5.41, 5.74) is 6.36. The highest BCUT2D eigenvalue weighted by atomic mass is 79.9. The number of halogens is 1. The van der Waals surface area contributed by atoms with Crippen LogP contribution in [0.1, 0.15) is 29.8 Å². The van der Waals surface area contributed by atoms with Crippen LogP contribution in [-0.4, -0.2) is 16.8 Å². The lowest BCUT2D eigenvalue weighted by atomic mass is 9.83. The van der Waals surface area contributed by atoms with Gasteiger partial charge in [0.05, 0.1) is 17.3 Å². The van der Waals surface area contributed by atoms with Crippen LogP contribution in [-0.2, 0) is 10.2 Å². The molecule has 0 fully saturated rings. The van der Waals surface area contributed by atoms with E-state index >= 15 is 0 Å². The molecule has 0 spiro atoms. The lowest BCUT2D eigenvalue weighted by Crippen LogP contribution is -2.34. The smallest absolute Gasteiger partial charge is 0.248 e. The molecule has 0 aliphatic carbocycles. The van der Waals surface area contributed by atoms with Gasteiger partial charge in [0.1, 0.15) is 5.75 Å². The minimum absolute atomic E-state index is 0.149. The number of nitrogens with zero attached hydrogens (tertiary/aromatic N) is 1. The number of amides is 2. The molecule has 148 valence electrons. The average molecular weight is 454 g/mol. The van der Waals surface area contributed by atoms with Crippen LogP contribution in [0.2, 0.25) is 0 Å². The Bertz CT molecular complexity index is 1030. The largest absolute Gasteiger partial charge is 0.439 e. The summed E-state index contributed by atoms with van der Waals surface area (Å²) in [6.45, 7) is 3.73.